The van der Waals surface area contributed by atoms with Gasteiger partial charge in [0.1, 0.15) is 0 Å². The van der Waals surface area contributed by atoms with Gasteiger partial charge in [0, 0.05) is 39.4 Å². The summed E-state index contributed by atoms with van der Waals surface area (Å²) in [5.74, 6) is 0. The van der Waals surface area contributed by atoms with Crippen LogP contribution in [0.15, 0.2) is 66.7 Å². The summed E-state index contributed by atoms with van der Waals surface area (Å²) in [6.45, 7) is 0.970. The van der Waals surface area contributed by atoms with Gasteiger partial charge in [0.05, 0.1) is 16.7 Å². The van der Waals surface area contributed by atoms with Crippen molar-refractivity contribution in [2.75, 3.05) is 22.5 Å². The lowest BCUT2D eigenvalue weighted by molar-refractivity contribution is 0.847. The van der Waals surface area contributed by atoms with Crippen molar-refractivity contribution in [2.24, 2.45) is 0 Å². The highest BCUT2D eigenvalue weighted by Crippen LogP contribution is 2.34. The van der Waals surface area contributed by atoms with Gasteiger partial charge in [-0.05, 0) is 48.7 Å². The van der Waals surface area contributed by atoms with E-state index in [2.05, 4.69) is 97.1 Å². The first-order valence-corrected chi connectivity index (χ1v) is 12.1. The Morgan fingerprint density at radius 2 is 1.41 bits per heavy atom. The van der Waals surface area contributed by atoms with E-state index in [0.717, 1.165) is 62.5 Å². The van der Waals surface area contributed by atoms with Gasteiger partial charge >= 0.3 is 0 Å². The number of pyridine rings is 1. The zero-order chi connectivity index (χ0) is 20.1. The van der Waals surface area contributed by atoms with Crippen LogP contribution in [0.1, 0.15) is 18.4 Å². The molecule has 0 spiro atoms. The summed E-state index contributed by atoms with van der Waals surface area (Å²) in [6.07, 6.45) is 2.32. The number of anilines is 3. The number of hydrogen-bond acceptors (Lipinski definition) is 3. The molecule has 0 amide bonds. The highest BCUT2D eigenvalue weighted by molar-refractivity contribution is 9.09. The predicted molar refractivity (Wildman–Crippen MR) is 133 cm³/mol. The number of unbranched alkanes of at least 4 members (excludes halogenated alkanes) is 1. The largest absolute Gasteiger partial charge is 0.385 e. The topological polar surface area (TPSA) is 37.0 Å². The SMILES string of the molecule is BrCCCCNc1cc(CBr)cc(Nc2c3ccccc3nc3ccccc23)c1. The van der Waals surface area contributed by atoms with Crippen LogP contribution >= 0.6 is 31.9 Å². The summed E-state index contributed by atoms with van der Waals surface area (Å²) in [6, 6.07) is 23.2. The van der Waals surface area contributed by atoms with Gasteiger partial charge in [0.25, 0.3) is 0 Å². The Morgan fingerprint density at radius 1 is 0.759 bits per heavy atom. The van der Waals surface area contributed by atoms with Crippen LogP contribution in [0, 0.1) is 0 Å². The highest BCUT2D eigenvalue weighted by Gasteiger charge is 2.10. The third kappa shape index (κ3) is 4.73. The molecule has 0 radical (unpaired) electrons. The maximum absolute atomic E-state index is 4.83. The number of para-hydroxylation sites is 2. The molecule has 3 nitrogen and oxygen atoms in total. The Balaban J connectivity index is 1.73. The molecule has 5 heteroatoms. The van der Waals surface area contributed by atoms with Crippen molar-refractivity contribution in [3.05, 3.63) is 72.3 Å². The van der Waals surface area contributed by atoms with E-state index >= 15 is 0 Å². The van der Waals surface area contributed by atoms with Crippen LogP contribution in [0.25, 0.3) is 21.8 Å². The van der Waals surface area contributed by atoms with Crippen LogP contribution < -0.4 is 10.6 Å². The number of nitrogens with zero attached hydrogens (tertiary/aromatic N) is 1. The van der Waals surface area contributed by atoms with Crippen LogP contribution in [0.5, 0.6) is 0 Å². The Kier molecular flexibility index (Phi) is 6.67. The van der Waals surface area contributed by atoms with E-state index < -0.39 is 0 Å². The number of halogens is 2. The summed E-state index contributed by atoms with van der Waals surface area (Å²) in [4.78, 5) is 4.83. The van der Waals surface area contributed by atoms with Crippen molar-refractivity contribution in [3.63, 3.8) is 0 Å². The molecule has 0 fully saturated rings. The minimum atomic E-state index is 0.816. The van der Waals surface area contributed by atoms with Crippen LogP contribution in [0.3, 0.4) is 0 Å². The molecule has 29 heavy (non-hydrogen) atoms. The number of aromatic nitrogens is 1. The molecule has 1 aromatic heterocycles. The van der Waals surface area contributed by atoms with Crippen LogP contribution in [0.2, 0.25) is 0 Å². The molecule has 1 heterocycles. The van der Waals surface area contributed by atoms with Gasteiger partial charge in [0.15, 0.2) is 0 Å². The molecule has 0 bridgehead atoms. The van der Waals surface area contributed by atoms with Crippen LogP contribution in [-0.4, -0.2) is 16.9 Å². The molecule has 2 N–H and O–H groups in total. The Hall–Kier alpha value is -2.11. The third-order valence-electron chi connectivity index (χ3n) is 4.89. The van der Waals surface area contributed by atoms with E-state index in [9.17, 15) is 0 Å². The summed E-state index contributed by atoms with van der Waals surface area (Å²) in [5, 5.41) is 11.4. The number of hydrogen-bond donors (Lipinski definition) is 2. The van der Waals surface area contributed by atoms with Gasteiger partial charge in [-0.15, -0.1) is 0 Å². The van der Waals surface area contributed by atoms with Gasteiger partial charge in [-0.1, -0.05) is 68.3 Å². The maximum atomic E-state index is 4.83. The van der Waals surface area contributed by atoms with Crippen molar-refractivity contribution in [2.45, 2.75) is 18.2 Å². The van der Waals surface area contributed by atoms with Gasteiger partial charge in [-0.2, -0.15) is 0 Å². The normalized spacial score (nSPS) is 11.1. The third-order valence-corrected chi connectivity index (χ3v) is 6.10. The maximum Gasteiger partial charge on any atom is 0.0730 e. The first-order valence-electron chi connectivity index (χ1n) is 9.83. The number of benzene rings is 3. The minimum Gasteiger partial charge on any atom is -0.385 e. The minimum absolute atomic E-state index is 0.816. The van der Waals surface area contributed by atoms with Crippen molar-refractivity contribution in [1.29, 1.82) is 0 Å². The van der Waals surface area contributed by atoms with Crippen molar-refractivity contribution >= 4 is 70.7 Å². The molecule has 3 aromatic carbocycles. The standard InChI is InChI=1S/C24H23Br2N3/c25-11-5-6-12-27-18-13-17(16-26)14-19(15-18)28-24-20-7-1-3-9-22(20)29-23-10-4-2-8-21(23)24/h1-4,7-10,13-15,27H,5-6,11-12,16H2,(H,28,29). The van der Waals surface area contributed by atoms with Crippen molar-refractivity contribution in [3.8, 4) is 0 Å². The van der Waals surface area contributed by atoms with Gasteiger partial charge in [0.2, 0.25) is 0 Å². The fourth-order valence-corrected chi connectivity index (χ4v) is 4.23. The first-order chi connectivity index (χ1) is 14.3. The second-order valence-electron chi connectivity index (χ2n) is 7.02. The number of rotatable bonds is 8. The Bertz CT molecular complexity index is 1070. The van der Waals surface area contributed by atoms with Gasteiger partial charge in [-0.25, -0.2) is 4.98 Å². The summed E-state index contributed by atoms with van der Waals surface area (Å²) < 4.78 is 0. The summed E-state index contributed by atoms with van der Waals surface area (Å²) >= 11 is 7.11. The predicted octanol–water partition coefficient (Wildman–Crippen LogP) is 7.61. The first kappa shape index (κ1) is 20.2. The van der Waals surface area contributed by atoms with Crippen LogP contribution in [-0.2, 0) is 5.33 Å². The van der Waals surface area contributed by atoms with E-state index in [0.29, 0.717) is 0 Å². The smallest absolute Gasteiger partial charge is 0.0730 e. The lowest BCUT2D eigenvalue weighted by Gasteiger charge is -2.16. The number of alkyl halides is 2. The fourth-order valence-electron chi connectivity index (χ4n) is 3.51. The lowest BCUT2D eigenvalue weighted by Crippen LogP contribution is -2.03. The Morgan fingerprint density at radius 3 is 2.07 bits per heavy atom. The van der Waals surface area contributed by atoms with Crippen molar-refractivity contribution < 1.29 is 0 Å². The van der Waals surface area contributed by atoms with Gasteiger partial charge in [-0.3, -0.25) is 0 Å². The Labute approximate surface area is 188 Å². The zero-order valence-electron chi connectivity index (χ0n) is 16.1. The fraction of sp³-hybridized carbons (Fsp3) is 0.208. The van der Waals surface area contributed by atoms with E-state index in [-0.39, 0.29) is 0 Å². The second kappa shape index (κ2) is 9.59. The molecule has 0 saturated carbocycles. The quantitative estimate of drug-likeness (QED) is 0.145. The molecule has 0 aliphatic rings. The molecule has 0 unspecified atom stereocenters. The molecular formula is C24H23Br2N3. The monoisotopic (exact) mass is 511 g/mol. The summed E-state index contributed by atoms with van der Waals surface area (Å²) in [7, 11) is 0. The molecule has 0 aliphatic carbocycles. The van der Waals surface area contributed by atoms with Crippen LogP contribution in [0.4, 0.5) is 17.1 Å². The van der Waals surface area contributed by atoms with E-state index in [1.54, 1.807) is 0 Å². The molecule has 0 saturated heterocycles. The molecule has 0 aliphatic heterocycles. The zero-order valence-corrected chi connectivity index (χ0v) is 19.3. The second-order valence-corrected chi connectivity index (χ2v) is 8.37. The molecule has 148 valence electrons. The average molecular weight is 513 g/mol. The molecule has 4 aromatic rings. The number of nitrogens with one attached hydrogen (secondary N) is 2. The van der Waals surface area contributed by atoms with E-state index in [4.69, 9.17) is 4.98 Å². The molecular weight excluding hydrogens is 490 g/mol. The summed E-state index contributed by atoms with van der Waals surface area (Å²) in [5.41, 5.74) is 6.55. The highest BCUT2D eigenvalue weighted by atomic mass is 79.9. The lowest BCUT2D eigenvalue weighted by atomic mass is 10.1. The van der Waals surface area contributed by atoms with E-state index in [1.807, 2.05) is 12.1 Å². The number of fused-ring (bicyclic) bond motifs is 2. The van der Waals surface area contributed by atoms with Crippen molar-refractivity contribution in [1.82, 2.24) is 4.98 Å². The molecule has 0 atom stereocenters. The average Bonchev–Trinajstić information content (AvgIpc) is 2.76. The molecule has 4 rings (SSSR count). The van der Waals surface area contributed by atoms with Gasteiger partial charge < -0.3 is 10.6 Å². The van der Waals surface area contributed by atoms with E-state index in [1.165, 1.54) is 12.0 Å².